The van der Waals surface area contributed by atoms with Gasteiger partial charge in [-0.2, -0.15) is 0 Å². The van der Waals surface area contributed by atoms with Crippen molar-refractivity contribution in [3.05, 3.63) is 45.6 Å². The third-order valence-corrected chi connectivity index (χ3v) is 3.87. The summed E-state index contributed by atoms with van der Waals surface area (Å²) in [6.07, 6.45) is 0. The summed E-state index contributed by atoms with van der Waals surface area (Å²) in [7, 11) is 0. The van der Waals surface area contributed by atoms with Crippen molar-refractivity contribution in [1.82, 2.24) is 5.32 Å². The highest BCUT2D eigenvalue weighted by atomic mass is 32.1. The predicted octanol–water partition coefficient (Wildman–Crippen LogP) is 1.40. The number of amides is 3. The average Bonchev–Trinajstić information content (AvgIpc) is 2.96. The molecule has 2 aromatic rings. The summed E-state index contributed by atoms with van der Waals surface area (Å²) in [6, 6.07) is 6.67. The second-order valence-electron chi connectivity index (χ2n) is 4.04. The van der Waals surface area contributed by atoms with E-state index in [1.807, 2.05) is 0 Å². The zero-order valence-electron chi connectivity index (χ0n) is 9.60. The Morgan fingerprint density at radius 2 is 1.79 bits per heavy atom. The molecule has 0 fully saturated rings. The summed E-state index contributed by atoms with van der Waals surface area (Å²) >= 11 is 1.21. The first kappa shape index (κ1) is 11.6. The van der Waals surface area contributed by atoms with E-state index in [0.29, 0.717) is 27.1 Å². The zero-order valence-corrected chi connectivity index (χ0v) is 10.4. The fraction of sp³-hybridized carbons (Fsp3) is 0. The predicted molar refractivity (Wildman–Crippen MR) is 70.1 cm³/mol. The molecule has 94 valence electrons. The van der Waals surface area contributed by atoms with Gasteiger partial charge in [0.05, 0.1) is 16.0 Å². The van der Waals surface area contributed by atoms with Crippen LogP contribution in [0, 0.1) is 0 Å². The van der Waals surface area contributed by atoms with Crippen molar-refractivity contribution in [3.8, 4) is 11.1 Å². The topological polar surface area (TPSA) is 89.3 Å². The SMILES string of the molecule is NC(=O)c1sccc1-c1cccc2c1C(=O)NC2=O. The first-order chi connectivity index (χ1) is 9.09. The monoisotopic (exact) mass is 272 g/mol. The van der Waals surface area contributed by atoms with Crippen molar-refractivity contribution in [1.29, 1.82) is 0 Å². The number of hydrogen-bond acceptors (Lipinski definition) is 4. The van der Waals surface area contributed by atoms with Crippen LogP contribution in [0.1, 0.15) is 30.4 Å². The summed E-state index contributed by atoms with van der Waals surface area (Å²) in [5.41, 5.74) is 7.06. The summed E-state index contributed by atoms with van der Waals surface area (Å²) in [4.78, 5) is 35.2. The molecule has 3 amide bonds. The van der Waals surface area contributed by atoms with Gasteiger partial charge in [-0.15, -0.1) is 11.3 Å². The van der Waals surface area contributed by atoms with Gasteiger partial charge in [0.1, 0.15) is 0 Å². The van der Waals surface area contributed by atoms with E-state index in [4.69, 9.17) is 5.73 Å². The molecule has 0 radical (unpaired) electrons. The lowest BCUT2D eigenvalue weighted by Gasteiger charge is -2.05. The lowest BCUT2D eigenvalue weighted by atomic mass is 9.97. The molecule has 6 heteroatoms. The molecule has 0 saturated heterocycles. The minimum Gasteiger partial charge on any atom is -0.365 e. The van der Waals surface area contributed by atoms with Gasteiger partial charge in [0.2, 0.25) is 0 Å². The molecule has 19 heavy (non-hydrogen) atoms. The van der Waals surface area contributed by atoms with E-state index in [1.54, 1.807) is 29.6 Å². The Bertz CT molecular complexity index is 733. The molecule has 0 bridgehead atoms. The molecule has 3 N–H and O–H groups in total. The maximum absolute atomic E-state index is 11.8. The van der Waals surface area contributed by atoms with Crippen LogP contribution in [-0.2, 0) is 0 Å². The van der Waals surface area contributed by atoms with Crippen LogP contribution >= 0.6 is 11.3 Å². The molecule has 0 saturated carbocycles. The molecule has 1 aromatic carbocycles. The number of rotatable bonds is 2. The maximum atomic E-state index is 11.8. The molecular weight excluding hydrogens is 264 g/mol. The van der Waals surface area contributed by atoms with E-state index >= 15 is 0 Å². The maximum Gasteiger partial charge on any atom is 0.259 e. The molecule has 5 nitrogen and oxygen atoms in total. The van der Waals surface area contributed by atoms with Crippen molar-refractivity contribution >= 4 is 29.1 Å². The van der Waals surface area contributed by atoms with Crippen LogP contribution in [0.2, 0.25) is 0 Å². The second-order valence-corrected chi connectivity index (χ2v) is 4.96. The number of thiophene rings is 1. The zero-order chi connectivity index (χ0) is 13.6. The van der Waals surface area contributed by atoms with E-state index in [0.717, 1.165) is 0 Å². The van der Waals surface area contributed by atoms with Gasteiger partial charge in [-0.3, -0.25) is 19.7 Å². The second kappa shape index (κ2) is 4.03. The Kier molecular flexibility index (Phi) is 2.46. The number of carbonyl (C=O) groups excluding carboxylic acids is 3. The normalized spacial score (nSPS) is 13.3. The van der Waals surface area contributed by atoms with Gasteiger partial charge in [-0.25, -0.2) is 0 Å². The van der Waals surface area contributed by atoms with Crippen molar-refractivity contribution in [2.24, 2.45) is 5.73 Å². The molecule has 0 unspecified atom stereocenters. The summed E-state index contributed by atoms with van der Waals surface area (Å²) in [6.45, 7) is 0. The quantitative estimate of drug-likeness (QED) is 0.810. The lowest BCUT2D eigenvalue weighted by Crippen LogP contribution is -2.20. The number of hydrogen-bond donors (Lipinski definition) is 2. The van der Waals surface area contributed by atoms with Gasteiger partial charge >= 0.3 is 0 Å². The summed E-state index contributed by atoms with van der Waals surface area (Å²) < 4.78 is 0. The first-order valence-electron chi connectivity index (χ1n) is 5.46. The lowest BCUT2D eigenvalue weighted by molar-refractivity contribution is 0.0878. The van der Waals surface area contributed by atoms with Gasteiger partial charge in [-0.05, 0) is 23.1 Å². The van der Waals surface area contributed by atoms with Gasteiger partial charge in [-0.1, -0.05) is 12.1 Å². The Balaban J connectivity index is 2.28. The number of imide groups is 1. The van der Waals surface area contributed by atoms with Crippen molar-refractivity contribution in [2.75, 3.05) is 0 Å². The van der Waals surface area contributed by atoms with Crippen molar-refractivity contribution in [2.45, 2.75) is 0 Å². The van der Waals surface area contributed by atoms with Gasteiger partial charge in [0.15, 0.2) is 0 Å². The van der Waals surface area contributed by atoms with E-state index in [2.05, 4.69) is 5.32 Å². The van der Waals surface area contributed by atoms with Crippen LogP contribution in [0.4, 0.5) is 0 Å². The highest BCUT2D eigenvalue weighted by Crippen LogP contribution is 2.33. The van der Waals surface area contributed by atoms with E-state index in [9.17, 15) is 14.4 Å². The third-order valence-electron chi connectivity index (χ3n) is 2.94. The number of nitrogens with two attached hydrogens (primary N) is 1. The highest BCUT2D eigenvalue weighted by molar-refractivity contribution is 7.12. The van der Waals surface area contributed by atoms with E-state index < -0.39 is 17.7 Å². The molecule has 0 aliphatic carbocycles. The van der Waals surface area contributed by atoms with Gasteiger partial charge in [0, 0.05) is 5.56 Å². The van der Waals surface area contributed by atoms with Gasteiger partial charge < -0.3 is 5.73 Å². The number of nitrogens with one attached hydrogen (secondary N) is 1. The van der Waals surface area contributed by atoms with Crippen LogP contribution < -0.4 is 11.1 Å². The fourth-order valence-electron chi connectivity index (χ4n) is 2.16. The number of fused-ring (bicyclic) bond motifs is 1. The number of primary amides is 1. The number of carbonyl (C=O) groups is 3. The Morgan fingerprint density at radius 1 is 1.05 bits per heavy atom. The standard InChI is InChI=1S/C13H8N2O3S/c14-11(16)10-7(4-5-19-10)6-2-1-3-8-9(6)13(18)15-12(8)17/h1-5H,(H2,14,16)(H,15,17,18). The largest absolute Gasteiger partial charge is 0.365 e. The van der Waals surface area contributed by atoms with Crippen molar-refractivity contribution in [3.63, 3.8) is 0 Å². The Labute approximate surface area is 112 Å². The molecule has 1 aliphatic rings. The minimum absolute atomic E-state index is 0.299. The van der Waals surface area contributed by atoms with Crippen LogP contribution in [0.25, 0.3) is 11.1 Å². The molecule has 3 rings (SSSR count). The van der Waals surface area contributed by atoms with Crippen LogP contribution in [0.3, 0.4) is 0 Å². The molecule has 1 aliphatic heterocycles. The minimum atomic E-state index is -0.549. The smallest absolute Gasteiger partial charge is 0.259 e. The summed E-state index contributed by atoms with van der Waals surface area (Å²) in [5.74, 6) is -1.41. The van der Waals surface area contributed by atoms with Gasteiger partial charge in [0.25, 0.3) is 17.7 Å². The third kappa shape index (κ3) is 1.65. The van der Waals surface area contributed by atoms with E-state index in [1.165, 1.54) is 11.3 Å². The molecular formula is C13H8N2O3S. The molecule has 0 spiro atoms. The first-order valence-corrected chi connectivity index (χ1v) is 6.34. The number of benzene rings is 1. The Hall–Kier alpha value is -2.47. The summed E-state index contributed by atoms with van der Waals surface area (Å²) in [5, 5.41) is 3.97. The average molecular weight is 272 g/mol. The highest BCUT2D eigenvalue weighted by Gasteiger charge is 2.30. The van der Waals surface area contributed by atoms with Crippen molar-refractivity contribution < 1.29 is 14.4 Å². The van der Waals surface area contributed by atoms with Crippen LogP contribution in [-0.4, -0.2) is 17.7 Å². The van der Waals surface area contributed by atoms with E-state index in [-0.39, 0.29) is 0 Å². The molecule has 2 heterocycles. The molecule has 1 aromatic heterocycles. The Morgan fingerprint density at radius 3 is 2.53 bits per heavy atom. The fourth-order valence-corrected chi connectivity index (χ4v) is 2.92. The van der Waals surface area contributed by atoms with Crippen LogP contribution in [0.15, 0.2) is 29.6 Å². The molecule has 0 atom stereocenters. The van der Waals surface area contributed by atoms with Crippen LogP contribution in [0.5, 0.6) is 0 Å².